The number of primary amides is 1. The zero-order valence-corrected chi connectivity index (χ0v) is 16.7. The lowest BCUT2D eigenvalue weighted by molar-refractivity contribution is -0.329. The molecule has 8 heteroatoms. The molecule has 0 aromatic carbocycles. The molecule has 0 aliphatic carbocycles. The third kappa shape index (κ3) is 5.20. The summed E-state index contributed by atoms with van der Waals surface area (Å²) in [5.74, 6) is -1.44. The number of nitrogens with two attached hydrogens (primary N) is 1. The van der Waals surface area contributed by atoms with Crippen molar-refractivity contribution in [1.82, 2.24) is 0 Å². The summed E-state index contributed by atoms with van der Waals surface area (Å²) in [5.41, 5.74) is 5.04. The van der Waals surface area contributed by atoms with Crippen molar-refractivity contribution in [1.29, 1.82) is 0 Å². The number of ether oxygens (including phenoxy) is 4. The van der Waals surface area contributed by atoms with Crippen LogP contribution in [-0.4, -0.2) is 58.9 Å². The van der Waals surface area contributed by atoms with Crippen LogP contribution >= 0.6 is 0 Å². The van der Waals surface area contributed by atoms with E-state index < -0.39 is 36.5 Å². The molecular weight excluding hydrogens is 354 g/mol. The second-order valence-corrected chi connectivity index (χ2v) is 7.82. The number of amides is 1. The third-order valence-electron chi connectivity index (χ3n) is 5.44. The monoisotopic (exact) mass is 387 g/mol. The first kappa shape index (κ1) is 22.1. The van der Waals surface area contributed by atoms with Gasteiger partial charge in [0.2, 0.25) is 0 Å². The maximum atomic E-state index is 11.0. The number of rotatable bonds is 5. The summed E-state index contributed by atoms with van der Waals surface area (Å²) in [4.78, 5) is 11.0. The van der Waals surface area contributed by atoms with Gasteiger partial charge < -0.3 is 34.9 Å². The molecule has 2 rings (SSSR count). The highest BCUT2D eigenvalue weighted by Gasteiger charge is 2.48. The van der Waals surface area contributed by atoms with Gasteiger partial charge in [0.05, 0.1) is 24.4 Å². The highest BCUT2D eigenvalue weighted by Crippen LogP contribution is 2.39. The number of carbonyl (C=O) groups excluding carboxylic acids is 1. The van der Waals surface area contributed by atoms with Crippen molar-refractivity contribution in [3.05, 3.63) is 12.2 Å². The van der Waals surface area contributed by atoms with Crippen molar-refractivity contribution >= 4 is 6.09 Å². The summed E-state index contributed by atoms with van der Waals surface area (Å²) in [5, 5.41) is 21.2. The van der Waals surface area contributed by atoms with E-state index in [1.54, 1.807) is 6.92 Å². The molecule has 8 atom stereocenters. The smallest absolute Gasteiger partial charge is 0.404 e. The van der Waals surface area contributed by atoms with Crippen LogP contribution in [0.4, 0.5) is 4.79 Å². The van der Waals surface area contributed by atoms with Gasteiger partial charge in [-0.05, 0) is 13.8 Å². The molecule has 27 heavy (non-hydrogen) atoms. The first-order valence-electron chi connectivity index (χ1n) is 9.55. The average molecular weight is 387 g/mol. The number of hydrogen-bond donors (Lipinski definition) is 3. The Kier molecular flexibility index (Phi) is 7.27. The van der Waals surface area contributed by atoms with Gasteiger partial charge in [0.15, 0.2) is 18.2 Å². The highest BCUT2D eigenvalue weighted by molar-refractivity contribution is 5.64. The molecule has 2 aliphatic rings. The number of carbonyl (C=O) groups is 1. The Morgan fingerprint density at radius 1 is 1.37 bits per heavy atom. The van der Waals surface area contributed by atoms with Gasteiger partial charge in [-0.25, -0.2) is 4.79 Å². The Hall–Kier alpha value is -1.19. The second kappa shape index (κ2) is 8.87. The molecule has 1 amide bonds. The van der Waals surface area contributed by atoms with E-state index in [0.29, 0.717) is 6.42 Å². The van der Waals surface area contributed by atoms with Crippen LogP contribution in [0.5, 0.6) is 0 Å². The van der Waals surface area contributed by atoms with Crippen molar-refractivity contribution in [2.24, 2.45) is 17.6 Å². The Balaban J connectivity index is 2.09. The van der Waals surface area contributed by atoms with Gasteiger partial charge in [-0.3, -0.25) is 0 Å². The van der Waals surface area contributed by atoms with Crippen molar-refractivity contribution < 1.29 is 34.0 Å². The summed E-state index contributed by atoms with van der Waals surface area (Å²) in [7, 11) is 0. The summed E-state index contributed by atoms with van der Waals surface area (Å²) in [6, 6.07) is 0. The Morgan fingerprint density at radius 2 is 2.04 bits per heavy atom. The first-order chi connectivity index (χ1) is 12.6. The van der Waals surface area contributed by atoms with E-state index in [-0.39, 0.29) is 30.5 Å². The Labute approximate surface area is 160 Å². The van der Waals surface area contributed by atoms with Gasteiger partial charge in [-0.1, -0.05) is 32.9 Å². The Bertz CT molecular complexity index is 528. The van der Waals surface area contributed by atoms with Gasteiger partial charge in [0.1, 0.15) is 0 Å². The molecular formula is C19H33NO7. The number of allylic oxidation sites excluding steroid dienone is 1. The molecule has 4 N–H and O–H groups in total. The van der Waals surface area contributed by atoms with Crippen LogP contribution in [0.25, 0.3) is 0 Å². The number of aliphatic hydroxyl groups is 2. The van der Waals surface area contributed by atoms with Crippen LogP contribution in [0.1, 0.15) is 47.5 Å². The molecule has 0 unspecified atom stereocenters. The molecule has 2 saturated heterocycles. The largest absolute Gasteiger partial charge is 0.441 e. The lowest BCUT2D eigenvalue weighted by Gasteiger charge is -2.47. The molecule has 0 bridgehead atoms. The maximum absolute atomic E-state index is 11.0. The average Bonchev–Trinajstić information content (AvgIpc) is 2.55. The van der Waals surface area contributed by atoms with E-state index in [9.17, 15) is 15.0 Å². The van der Waals surface area contributed by atoms with Gasteiger partial charge in [0.25, 0.3) is 0 Å². The lowest BCUT2D eigenvalue weighted by Crippen LogP contribution is -2.56. The fourth-order valence-corrected chi connectivity index (χ4v) is 3.63. The molecule has 156 valence electrons. The van der Waals surface area contributed by atoms with Crippen LogP contribution in [0.15, 0.2) is 12.2 Å². The van der Waals surface area contributed by atoms with Crippen LogP contribution in [0.3, 0.4) is 0 Å². The first-order valence-corrected chi connectivity index (χ1v) is 9.55. The minimum absolute atomic E-state index is 0.0177. The maximum Gasteiger partial charge on any atom is 0.404 e. The minimum atomic E-state index is -1.31. The highest BCUT2D eigenvalue weighted by atomic mass is 16.7. The van der Waals surface area contributed by atoms with Crippen LogP contribution in [-0.2, 0) is 18.9 Å². The van der Waals surface area contributed by atoms with Crippen molar-refractivity contribution in [2.75, 3.05) is 0 Å². The topological polar surface area (TPSA) is 120 Å². The lowest BCUT2D eigenvalue weighted by atomic mass is 9.84. The van der Waals surface area contributed by atoms with Crippen molar-refractivity contribution in [3.8, 4) is 0 Å². The normalized spacial score (nSPS) is 43.2. The fraction of sp³-hybridized carbons (Fsp3) is 0.842. The van der Waals surface area contributed by atoms with E-state index in [0.717, 1.165) is 0 Å². The SMILES string of the molecule is C/C=C/[C@H]1O[C@@](O)(C(C)C)C[C@@H](O[C@H]2C[C@@H](O)[C@H](OC(N)=O)[C@@H](C)O2)[C@@H]1C. The van der Waals surface area contributed by atoms with Crippen molar-refractivity contribution in [2.45, 2.75) is 90.1 Å². The van der Waals surface area contributed by atoms with E-state index in [1.807, 2.05) is 39.8 Å². The molecule has 2 heterocycles. The van der Waals surface area contributed by atoms with Gasteiger partial charge in [0, 0.05) is 24.7 Å². The standard InChI is InChI=1S/C19H33NO7/c1-6-7-14-11(4)15(9-19(23,27-14)10(2)3)25-16-8-13(21)17(12(5)24-16)26-18(20)22/h6-7,10-17,21,23H,8-9H2,1-5H3,(H2,20,22)/b7-6+/t11-,12-,13-,14-,15-,16+,17-,19-/m1/s1. The zero-order chi connectivity index (χ0) is 20.4. The molecule has 0 aromatic rings. The van der Waals surface area contributed by atoms with Crippen LogP contribution in [0, 0.1) is 11.8 Å². The van der Waals surface area contributed by atoms with E-state index >= 15 is 0 Å². The molecule has 0 spiro atoms. The number of aliphatic hydroxyl groups excluding tert-OH is 1. The van der Waals surface area contributed by atoms with Crippen LogP contribution in [0.2, 0.25) is 0 Å². The van der Waals surface area contributed by atoms with E-state index in [1.165, 1.54) is 0 Å². The molecule has 2 aliphatic heterocycles. The predicted molar refractivity (Wildman–Crippen MR) is 97.5 cm³/mol. The Morgan fingerprint density at radius 3 is 2.56 bits per heavy atom. The minimum Gasteiger partial charge on any atom is -0.441 e. The second-order valence-electron chi connectivity index (χ2n) is 7.82. The summed E-state index contributed by atoms with van der Waals surface area (Å²) >= 11 is 0. The van der Waals surface area contributed by atoms with Gasteiger partial charge in [-0.2, -0.15) is 0 Å². The van der Waals surface area contributed by atoms with Gasteiger partial charge >= 0.3 is 6.09 Å². The molecule has 0 aromatic heterocycles. The molecule has 2 fully saturated rings. The van der Waals surface area contributed by atoms with E-state index in [2.05, 4.69) is 0 Å². The summed E-state index contributed by atoms with van der Waals surface area (Å²) in [6.45, 7) is 9.38. The van der Waals surface area contributed by atoms with E-state index in [4.69, 9.17) is 24.7 Å². The zero-order valence-electron chi connectivity index (χ0n) is 16.7. The fourth-order valence-electron chi connectivity index (χ4n) is 3.63. The number of hydrogen-bond acceptors (Lipinski definition) is 7. The van der Waals surface area contributed by atoms with Crippen molar-refractivity contribution in [3.63, 3.8) is 0 Å². The summed E-state index contributed by atoms with van der Waals surface area (Å²) in [6.07, 6.45) is -0.386. The predicted octanol–water partition coefficient (Wildman–Crippen LogP) is 1.68. The summed E-state index contributed by atoms with van der Waals surface area (Å²) < 4.78 is 22.8. The molecule has 0 radical (unpaired) electrons. The third-order valence-corrected chi connectivity index (χ3v) is 5.44. The quantitative estimate of drug-likeness (QED) is 0.614. The van der Waals surface area contributed by atoms with Crippen LogP contribution < -0.4 is 5.73 Å². The molecule has 0 saturated carbocycles. The molecule has 8 nitrogen and oxygen atoms in total. The van der Waals surface area contributed by atoms with Gasteiger partial charge in [-0.15, -0.1) is 0 Å².